The number of benzene rings is 2. The van der Waals surface area contributed by atoms with Crippen LogP contribution in [0.15, 0.2) is 66.4 Å². The zero-order valence-electron chi connectivity index (χ0n) is 16.7. The summed E-state index contributed by atoms with van der Waals surface area (Å²) in [6.07, 6.45) is 3.49. The highest BCUT2D eigenvalue weighted by Gasteiger charge is 2.23. The highest BCUT2D eigenvalue weighted by molar-refractivity contribution is 7.22. The Labute approximate surface area is 186 Å². The highest BCUT2D eigenvalue weighted by atomic mass is 32.1. The third-order valence-electron chi connectivity index (χ3n) is 4.79. The fraction of sp³-hybridized carbons (Fsp3) is 0.130. The second-order valence-electron chi connectivity index (χ2n) is 6.82. The summed E-state index contributed by atoms with van der Waals surface area (Å²) in [6.45, 7) is 2.87. The Balaban J connectivity index is 1.59. The van der Waals surface area contributed by atoms with Crippen LogP contribution in [0.25, 0.3) is 20.4 Å². The Morgan fingerprint density at radius 2 is 2.06 bits per heavy atom. The Hall–Kier alpha value is -3.36. The number of carbonyl (C=O) groups is 1. The summed E-state index contributed by atoms with van der Waals surface area (Å²) in [7, 11) is 0. The molecule has 31 heavy (non-hydrogen) atoms. The van der Waals surface area contributed by atoms with E-state index < -0.39 is 0 Å². The van der Waals surface area contributed by atoms with Gasteiger partial charge in [0.25, 0.3) is 5.91 Å². The summed E-state index contributed by atoms with van der Waals surface area (Å²) >= 11 is 3.00. The second-order valence-corrected chi connectivity index (χ2v) is 8.72. The van der Waals surface area contributed by atoms with E-state index in [1.807, 2.05) is 55.5 Å². The van der Waals surface area contributed by atoms with Gasteiger partial charge in [-0.15, -0.1) is 11.3 Å². The average Bonchev–Trinajstić information content (AvgIpc) is 3.45. The summed E-state index contributed by atoms with van der Waals surface area (Å²) < 4.78 is 7.70. The second kappa shape index (κ2) is 8.41. The summed E-state index contributed by atoms with van der Waals surface area (Å²) in [4.78, 5) is 28.6. The molecule has 0 spiro atoms. The van der Waals surface area contributed by atoms with E-state index in [2.05, 4.69) is 9.97 Å². The van der Waals surface area contributed by atoms with E-state index in [4.69, 9.17) is 9.72 Å². The maximum absolute atomic E-state index is 13.6. The number of thiazole rings is 2. The summed E-state index contributed by atoms with van der Waals surface area (Å²) in [6, 6.07) is 15.3. The summed E-state index contributed by atoms with van der Waals surface area (Å²) in [5.41, 5.74) is 4.98. The Morgan fingerprint density at radius 3 is 2.90 bits per heavy atom. The smallest absolute Gasteiger partial charge is 0.260 e. The van der Waals surface area contributed by atoms with Crippen LogP contribution >= 0.6 is 22.7 Å². The van der Waals surface area contributed by atoms with Crippen molar-refractivity contribution in [2.75, 3.05) is 11.5 Å². The number of hydrogen-bond donors (Lipinski definition) is 0. The van der Waals surface area contributed by atoms with Crippen molar-refractivity contribution in [1.82, 2.24) is 15.0 Å². The van der Waals surface area contributed by atoms with Gasteiger partial charge >= 0.3 is 0 Å². The summed E-state index contributed by atoms with van der Waals surface area (Å²) in [5, 5.41) is 0.625. The van der Waals surface area contributed by atoms with Crippen LogP contribution in [0.5, 0.6) is 5.75 Å². The standard InChI is InChI=1S/C23H18N4O2S2/c1-2-29-18-6-3-7-19-21(18)26-23(31-19)27(13-15-5-4-10-24-12-15)22(28)16-8-9-17-20(11-16)30-14-25-17/h3-12,14H,2,13H2,1H3. The minimum atomic E-state index is -0.115. The lowest BCUT2D eigenvalue weighted by atomic mass is 10.1. The van der Waals surface area contributed by atoms with Crippen molar-refractivity contribution in [2.45, 2.75) is 13.5 Å². The highest BCUT2D eigenvalue weighted by Crippen LogP contribution is 2.35. The fourth-order valence-corrected chi connectivity index (χ4v) is 5.04. The molecule has 154 valence electrons. The number of carbonyl (C=O) groups excluding carboxylic acids is 1. The molecule has 0 aliphatic heterocycles. The lowest BCUT2D eigenvalue weighted by Crippen LogP contribution is -2.30. The average molecular weight is 447 g/mol. The molecule has 0 saturated heterocycles. The quantitative estimate of drug-likeness (QED) is 0.342. The first kappa shape index (κ1) is 19.6. The molecule has 3 heterocycles. The number of ether oxygens (including phenoxy) is 1. The molecule has 0 saturated carbocycles. The van der Waals surface area contributed by atoms with E-state index in [1.54, 1.807) is 22.8 Å². The molecule has 2 aromatic carbocycles. The fourth-order valence-electron chi connectivity index (χ4n) is 3.34. The molecule has 0 unspecified atom stereocenters. The van der Waals surface area contributed by atoms with Gasteiger partial charge in [0.05, 0.1) is 33.6 Å². The van der Waals surface area contributed by atoms with Gasteiger partial charge in [0.1, 0.15) is 11.3 Å². The Kier molecular flexibility index (Phi) is 5.31. The van der Waals surface area contributed by atoms with Gasteiger partial charge in [0, 0.05) is 18.0 Å². The largest absolute Gasteiger partial charge is 0.492 e. The van der Waals surface area contributed by atoms with Gasteiger partial charge in [0.2, 0.25) is 0 Å². The number of nitrogens with zero attached hydrogens (tertiary/aromatic N) is 4. The van der Waals surface area contributed by atoms with Crippen molar-refractivity contribution in [3.05, 3.63) is 77.6 Å². The molecule has 0 fully saturated rings. The molecule has 5 aromatic rings. The van der Waals surface area contributed by atoms with Crippen molar-refractivity contribution in [2.24, 2.45) is 0 Å². The van der Waals surface area contributed by atoms with Crippen LogP contribution in [0.2, 0.25) is 0 Å². The number of aromatic nitrogens is 3. The van der Waals surface area contributed by atoms with E-state index in [0.717, 1.165) is 31.7 Å². The van der Waals surface area contributed by atoms with Crippen LogP contribution in [-0.4, -0.2) is 27.5 Å². The van der Waals surface area contributed by atoms with Crippen LogP contribution in [0.3, 0.4) is 0 Å². The van der Waals surface area contributed by atoms with Gasteiger partial charge < -0.3 is 4.74 Å². The van der Waals surface area contributed by atoms with Gasteiger partial charge in [-0.05, 0) is 48.9 Å². The monoisotopic (exact) mass is 446 g/mol. The maximum atomic E-state index is 13.6. The van der Waals surface area contributed by atoms with Crippen molar-refractivity contribution in [3.8, 4) is 5.75 Å². The number of rotatable bonds is 6. The maximum Gasteiger partial charge on any atom is 0.260 e. The molecule has 5 rings (SSSR count). The molecular weight excluding hydrogens is 428 g/mol. The predicted octanol–water partition coefficient (Wildman–Crippen LogP) is 5.55. The first-order valence-corrected chi connectivity index (χ1v) is 11.5. The topological polar surface area (TPSA) is 68.2 Å². The van der Waals surface area contributed by atoms with Crippen LogP contribution < -0.4 is 9.64 Å². The van der Waals surface area contributed by atoms with Crippen LogP contribution in [0.4, 0.5) is 5.13 Å². The van der Waals surface area contributed by atoms with Crippen molar-refractivity contribution < 1.29 is 9.53 Å². The van der Waals surface area contributed by atoms with Gasteiger partial charge in [-0.3, -0.25) is 14.7 Å². The zero-order chi connectivity index (χ0) is 21.2. The number of anilines is 1. The van der Waals surface area contributed by atoms with Crippen LogP contribution in [0, 0.1) is 0 Å². The molecule has 3 aromatic heterocycles. The third-order valence-corrected chi connectivity index (χ3v) is 6.62. The number of amides is 1. The number of hydrogen-bond acceptors (Lipinski definition) is 7. The molecule has 0 aliphatic carbocycles. The van der Waals surface area contributed by atoms with Crippen molar-refractivity contribution in [1.29, 1.82) is 0 Å². The Bertz CT molecular complexity index is 1360. The van der Waals surface area contributed by atoms with E-state index in [-0.39, 0.29) is 5.91 Å². The molecule has 0 N–H and O–H groups in total. The lowest BCUT2D eigenvalue weighted by molar-refractivity contribution is 0.0985. The zero-order valence-corrected chi connectivity index (χ0v) is 18.3. The van der Waals surface area contributed by atoms with Gasteiger partial charge in [-0.25, -0.2) is 9.97 Å². The van der Waals surface area contributed by atoms with E-state index >= 15 is 0 Å². The molecular formula is C23H18N4O2S2. The molecule has 8 heteroatoms. The van der Waals surface area contributed by atoms with Crippen LogP contribution in [-0.2, 0) is 6.54 Å². The van der Waals surface area contributed by atoms with Crippen molar-refractivity contribution >= 4 is 54.1 Å². The van der Waals surface area contributed by atoms with Gasteiger partial charge in [-0.1, -0.05) is 23.5 Å². The van der Waals surface area contributed by atoms with Gasteiger partial charge in [-0.2, -0.15) is 0 Å². The number of pyridine rings is 1. The predicted molar refractivity (Wildman–Crippen MR) is 125 cm³/mol. The molecule has 1 amide bonds. The van der Waals surface area contributed by atoms with E-state index in [0.29, 0.717) is 23.8 Å². The molecule has 0 bridgehead atoms. The van der Waals surface area contributed by atoms with E-state index in [1.165, 1.54) is 22.7 Å². The Morgan fingerprint density at radius 1 is 1.13 bits per heavy atom. The van der Waals surface area contributed by atoms with Crippen LogP contribution in [0.1, 0.15) is 22.8 Å². The SMILES string of the molecule is CCOc1cccc2sc(N(Cc3cccnc3)C(=O)c3ccc4ncsc4c3)nc12. The molecule has 0 radical (unpaired) electrons. The molecule has 6 nitrogen and oxygen atoms in total. The molecule has 0 aliphatic rings. The van der Waals surface area contributed by atoms with Crippen molar-refractivity contribution in [3.63, 3.8) is 0 Å². The van der Waals surface area contributed by atoms with Gasteiger partial charge in [0.15, 0.2) is 5.13 Å². The normalized spacial score (nSPS) is 11.1. The summed E-state index contributed by atoms with van der Waals surface area (Å²) in [5.74, 6) is 0.610. The van der Waals surface area contributed by atoms with E-state index in [9.17, 15) is 4.79 Å². The molecule has 0 atom stereocenters. The first-order chi connectivity index (χ1) is 15.2. The number of fused-ring (bicyclic) bond motifs is 2. The minimum absolute atomic E-state index is 0.115. The first-order valence-electron chi connectivity index (χ1n) is 9.79. The third kappa shape index (κ3) is 3.87. The minimum Gasteiger partial charge on any atom is -0.492 e. The lowest BCUT2D eigenvalue weighted by Gasteiger charge is -2.20. The number of para-hydroxylation sites is 1.